The molecular weight excluding hydrogens is 236 g/mol. The number of hydrogen-bond donors (Lipinski definition) is 0. The molecule has 0 bridgehead atoms. The number of allylic oxidation sites excluding steroid dienone is 1. The monoisotopic (exact) mass is 239 g/mol. The Morgan fingerprint density at radius 1 is 2.00 bits per heavy atom. The Balaban J connectivity index is 3.35. The standard InChI is InChI=1S/C3H2N.Re/c1-2-3-4;/h1H2;. The molecule has 0 N–H and O–H groups in total. The van der Waals surface area contributed by atoms with Crippen molar-refractivity contribution >= 4 is 0 Å². The molecule has 0 aliphatic heterocycles. The van der Waals surface area contributed by atoms with E-state index in [4.69, 9.17) is 5.26 Å². The molecule has 26 valence electrons. The second-order valence-corrected chi connectivity index (χ2v) is 2.16. The van der Waals surface area contributed by atoms with Gasteiger partial charge in [-0.05, 0) is 0 Å². The van der Waals surface area contributed by atoms with Crippen LogP contribution in [0.15, 0.2) is 10.6 Å². The number of nitriles is 1. The molecule has 0 aliphatic carbocycles. The van der Waals surface area contributed by atoms with E-state index in [1.807, 2.05) is 6.07 Å². The van der Waals surface area contributed by atoms with Crippen molar-refractivity contribution in [3.63, 3.8) is 0 Å². The summed E-state index contributed by atoms with van der Waals surface area (Å²) >= 11 is 1.33. The average Bonchev–Trinajstić information content (AvgIpc) is 1.38. The first-order valence-corrected chi connectivity index (χ1v) is 2.37. The molecule has 0 fully saturated rings. The van der Waals surface area contributed by atoms with E-state index in [1.54, 1.807) is 0 Å². The van der Waals surface area contributed by atoms with Gasteiger partial charge < -0.3 is 0 Å². The molecule has 0 saturated carbocycles. The first-order valence-electron chi connectivity index (χ1n) is 1.02. The zero-order valence-electron chi connectivity index (χ0n) is 2.53. The van der Waals surface area contributed by atoms with E-state index in [0.29, 0.717) is 4.05 Å². The molecule has 5 heavy (non-hydrogen) atoms. The van der Waals surface area contributed by atoms with Crippen LogP contribution >= 0.6 is 0 Å². The fourth-order valence-corrected chi connectivity index (χ4v) is 0. The van der Waals surface area contributed by atoms with Crippen molar-refractivity contribution in [1.29, 1.82) is 5.26 Å². The van der Waals surface area contributed by atoms with E-state index < -0.39 is 0 Å². The molecule has 0 heterocycles. The van der Waals surface area contributed by atoms with Gasteiger partial charge in [0.05, 0.1) is 0 Å². The molecule has 0 saturated heterocycles. The SMILES string of the molecule is C=[C]([Re])C#N. The molecule has 2 heteroatoms. The average molecular weight is 238 g/mol. The summed E-state index contributed by atoms with van der Waals surface area (Å²) in [4.78, 5) is 0. The molecule has 0 aromatic heterocycles. The van der Waals surface area contributed by atoms with Crippen molar-refractivity contribution in [2.45, 2.75) is 0 Å². The second kappa shape index (κ2) is 2.15. The molecule has 0 amide bonds. The van der Waals surface area contributed by atoms with Crippen molar-refractivity contribution in [2.75, 3.05) is 0 Å². The van der Waals surface area contributed by atoms with Gasteiger partial charge >= 0.3 is 41.2 Å². The Kier molecular flexibility index (Phi) is 2.10. The van der Waals surface area contributed by atoms with Crippen molar-refractivity contribution in [1.82, 2.24) is 0 Å². The summed E-state index contributed by atoms with van der Waals surface area (Å²) in [6.45, 7) is 3.34. The van der Waals surface area contributed by atoms with Crippen LogP contribution in [0.5, 0.6) is 0 Å². The van der Waals surface area contributed by atoms with E-state index in [0.717, 1.165) is 0 Å². The summed E-state index contributed by atoms with van der Waals surface area (Å²) in [6.07, 6.45) is 0. The second-order valence-electron chi connectivity index (χ2n) is 0.517. The van der Waals surface area contributed by atoms with Crippen LogP contribution in [0, 0.1) is 11.3 Å². The predicted molar refractivity (Wildman–Crippen MR) is 14.8 cm³/mol. The van der Waals surface area contributed by atoms with Crippen LogP contribution in [0.4, 0.5) is 0 Å². The fraction of sp³-hybridized carbons (Fsp3) is 0. The third-order valence-corrected chi connectivity index (χ3v) is 0.425. The number of rotatable bonds is 0. The van der Waals surface area contributed by atoms with Gasteiger partial charge in [-0.2, -0.15) is 0 Å². The Morgan fingerprint density at radius 2 is 2.20 bits per heavy atom. The molecule has 0 aliphatic rings. The van der Waals surface area contributed by atoms with Gasteiger partial charge in [0.15, 0.2) is 0 Å². The van der Waals surface area contributed by atoms with Gasteiger partial charge in [-0.15, -0.1) is 0 Å². The molecule has 0 unspecified atom stereocenters. The van der Waals surface area contributed by atoms with Crippen LogP contribution in [0.3, 0.4) is 0 Å². The molecule has 0 aromatic rings. The molecule has 1 nitrogen and oxygen atoms in total. The fourth-order valence-electron chi connectivity index (χ4n) is 0. The third kappa shape index (κ3) is 3.89. The van der Waals surface area contributed by atoms with Gasteiger partial charge in [-0.1, -0.05) is 0 Å². The molecular formula is C3H2NRe. The summed E-state index contributed by atoms with van der Waals surface area (Å²) in [5.41, 5.74) is 0. The first kappa shape index (κ1) is 4.89. The topological polar surface area (TPSA) is 23.8 Å². The minimum absolute atomic E-state index is 0.616. The number of hydrogen-bond acceptors (Lipinski definition) is 1. The quantitative estimate of drug-likeness (QED) is 0.566. The molecule has 0 spiro atoms. The van der Waals surface area contributed by atoms with Crippen molar-refractivity contribution < 1.29 is 19.2 Å². The maximum atomic E-state index is 7.81. The minimum atomic E-state index is 0.616. The zero-order valence-corrected chi connectivity index (χ0v) is 5.25. The number of nitrogens with zero attached hydrogens (tertiary/aromatic N) is 1. The molecule has 0 atom stereocenters. The van der Waals surface area contributed by atoms with Gasteiger partial charge in [0.25, 0.3) is 0 Å². The van der Waals surface area contributed by atoms with Crippen molar-refractivity contribution in [2.24, 2.45) is 0 Å². The van der Waals surface area contributed by atoms with E-state index in [1.165, 1.54) is 19.2 Å². The first-order chi connectivity index (χ1) is 2.27. The van der Waals surface area contributed by atoms with Gasteiger partial charge in [-0.25, -0.2) is 0 Å². The molecule has 0 radical (unpaired) electrons. The van der Waals surface area contributed by atoms with E-state index in [-0.39, 0.29) is 0 Å². The summed E-state index contributed by atoms with van der Waals surface area (Å²) in [5, 5.41) is 7.81. The summed E-state index contributed by atoms with van der Waals surface area (Å²) in [5.74, 6) is 0. The summed E-state index contributed by atoms with van der Waals surface area (Å²) in [7, 11) is 0. The Labute approximate surface area is 41.7 Å². The third-order valence-electron chi connectivity index (χ3n) is 0.121. The summed E-state index contributed by atoms with van der Waals surface area (Å²) < 4.78 is 0.616. The maximum absolute atomic E-state index is 7.81. The van der Waals surface area contributed by atoms with Gasteiger partial charge in [0, 0.05) is 0 Å². The molecule has 0 rings (SSSR count). The zero-order chi connectivity index (χ0) is 4.28. The van der Waals surface area contributed by atoms with E-state index in [9.17, 15) is 0 Å². The van der Waals surface area contributed by atoms with Crippen LogP contribution in [0.2, 0.25) is 0 Å². The van der Waals surface area contributed by atoms with Gasteiger partial charge in [0.1, 0.15) is 0 Å². The van der Waals surface area contributed by atoms with Gasteiger partial charge in [-0.3, -0.25) is 0 Å². The van der Waals surface area contributed by atoms with Crippen molar-refractivity contribution in [3.05, 3.63) is 10.6 Å². The van der Waals surface area contributed by atoms with E-state index >= 15 is 0 Å². The predicted octanol–water partition coefficient (Wildman–Crippen LogP) is 0.570. The van der Waals surface area contributed by atoms with Crippen LogP contribution in [0.1, 0.15) is 0 Å². The normalized spacial score (nSPS) is 5.60. The van der Waals surface area contributed by atoms with Crippen LogP contribution in [-0.2, 0) is 19.2 Å². The van der Waals surface area contributed by atoms with Crippen molar-refractivity contribution in [3.8, 4) is 6.07 Å². The summed E-state index contributed by atoms with van der Waals surface area (Å²) in [6, 6.07) is 1.86. The van der Waals surface area contributed by atoms with Crippen LogP contribution in [-0.4, -0.2) is 0 Å². The van der Waals surface area contributed by atoms with Gasteiger partial charge in [0.2, 0.25) is 0 Å². The van der Waals surface area contributed by atoms with E-state index in [2.05, 4.69) is 6.58 Å². The van der Waals surface area contributed by atoms with Crippen LogP contribution in [0.25, 0.3) is 0 Å². The Bertz CT molecular complexity index is 79.4. The molecule has 0 aromatic carbocycles. The Morgan fingerprint density at radius 3 is 2.20 bits per heavy atom. The Hall–Kier alpha value is -0.108. The van der Waals surface area contributed by atoms with Crippen LogP contribution < -0.4 is 0 Å².